The molecule has 2 aromatic carbocycles. The largest absolute Gasteiger partial charge is 0.493 e. The Hall–Kier alpha value is -2.13. The molecule has 1 heterocycles. The molecule has 1 saturated heterocycles. The Bertz CT molecular complexity index is 1020. The molecule has 36 heavy (non-hydrogen) atoms. The summed E-state index contributed by atoms with van der Waals surface area (Å²) in [6.45, 7) is 2.10. The summed E-state index contributed by atoms with van der Waals surface area (Å²) in [5, 5.41) is 19.9. The predicted octanol–water partition coefficient (Wildman–Crippen LogP) is 5.34. The van der Waals surface area contributed by atoms with E-state index in [1.807, 2.05) is 19.1 Å². The summed E-state index contributed by atoms with van der Waals surface area (Å²) in [5.41, 5.74) is 1.61. The van der Waals surface area contributed by atoms with Gasteiger partial charge in [-0.2, -0.15) is 0 Å². The van der Waals surface area contributed by atoms with Gasteiger partial charge < -0.3 is 24.4 Å². The van der Waals surface area contributed by atoms with E-state index in [1.165, 1.54) is 13.2 Å². The zero-order valence-electron chi connectivity index (χ0n) is 20.8. The quantitative estimate of drug-likeness (QED) is 0.504. The molecule has 198 valence electrons. The molecule has 1 aliphatic heterocycles. The van der Waals surface area contributed by atoms with E-state index in [2.05, 4.69) is 0 Å². The Balaban J connectivity index is 1.43. The molecular formula is C28H35F3O5. The molecule has 0 bridgehead atoms. The summed E-state index contributed by atoms with van der Waals surface area (Å²) < 4.78 is 59.2. The molecule has 0 amide bonds. The second-order valence-electron chi connectivity index (χ2n) is 10.6. The zero-order valence-corrected chi connectivity index (χ0v) is 20.8. The Morgan fingerprint density at radius 2 is 1.75 bits per heavy atom. The number of aliphatic hydroxyl groups is 2. The lowest BCUT2D eigenvalue weighted by Gasteiger charge is -2.42. The van der Waals surface area contributed by atoms with Crippen LogP contribution in [0.1, 0.15) is 62.1 Å². The molecule has 1 saturated carbocycles. The molecule has 1 aliphatic carbocycles. The maximum atomic E-state index is 14.7. The van der Waals surface area contributed by atoms with Gasteiger partial charge in [0.2, 0.25) is 5.92 Å². The Morgan fingerprint density at radius 1 is 1.06 bits per heavy atom. The number of aliphatic hydroxyl groups excluding tert-OH is 2. The van der Waals surface area contributed by atoms with Crippen molar-refractivity contribution in [2.75, 3.05) is 20.3 Å². The van der Waals surface area contributed by atoms with Crippen molar-refractivity contribution < 1.29 is 37.6 Å². The third-order valence-corrected chi connectivity index (χ3v) is 7.51. The summed E-state index contributed by atoms with van der Waals surface area (Å²) >= 11 is 0. The lowest BCUT2D eigenvalue weighted by atomic mass is 9.75. The molecule has 4 rings (SSSR count). The van der Waals surface area contributed by atoms with Gasteiger partial charge in [0, 0.05) is 50.2 Å². The fourth-order valence-corrected chi connectivity index (χ4v) is 5.10. The van der Waals surface area contributed by atoms with Crippen molar-refractivity contribution in [3.63, 3.8) is 0 Å². The smallest absolute Gasteiger partial charge is 0.248 e. The van der Waals surface area contributed by atoms with Gasteiger partial charge in [0.15, 0.2) is 5.79 Å². The van der Waals surface area contributed by atoms with E-state index in [1.54, 1.807) is 24.3 Å². The Labute approximate surface area is 210 Å². The van der Waals surface area contributed by atoms with Crippen LogP contribution in [0, 0.1) is 11.2 Å². The van der Waals surface area contributed by atoms with E-state index in [-0.39, 0.29) is 37.1 Å². The lowest BCUT2D eigenvalue weighted by Crippen LogP contribution is -2.46. The molecule has 2 aromatic rings. The Morgan fingerprint density at radius 3 is 2.39 bits per heavy atom. The van der Waals surface area contributed by atoms with Crippen LogP contribution in [0.4, 0.5) is 13.2 Å². The van der Waals surface area contributed by atoms with Gasteiger partial charge in [0.25, 0.3) is 0 Å². The molecule has 2 aliphatic rings. The minimum Gasteiger partial charge on any atom is -0.493 e. The molecule has 0 aromatic heterocycles. The predicted molar refractivity (Wildman–Crippen MR) is 129 cm³/mol. The monoisotopic (exact) mass is 508 g/mol. The SMILES string of the molecule is COC1(c2ccc(F)c(Cc3ccc(OCC4(C)CCC(F)(F)CC4)cc3)c2)CC(O)CC(CO)O1. The van der Waals surface area contributed by atoms with Gasteiger partial charge in [0.1, 0.15) is 11.6 Å². The number of methoxy groups -OCH3 is 1. The van der Waals surface area contributed by atoms with Crippen LogP contribution >= 0.6 is 0 Å². The summed E-state index contributed by atoms with van der Waals surface area (Å²) in [6, 6.07) is 11.9. The third-order valence-electron chi connectivity index (χ3n) is 7.51. The lowest BCUT2D eigenvalue weighted by molar-refractivity contribution is -0.298. The maximum Gasteiger partial charge on any atom is 0.248 e. The first-order chi connectivity index (χ1) is 17.1. The highest BCUT2D eigenvalue weighted by atomic mass is 19.3. The fraction of sp³-hybridized carbons (Fsp3) is 0.571. The van der Waals surface area contributed by atoms with Gasteiger partial charge in [-0.1, -0.05) is 25.1 Å². The number of hydrogen-bond acceptors (Lipinski definition) is 5. The van der Waals surface area contributed by atoms with Crippen LogP contribution in [-0.4, -0.2) is 48.7 Å². The first-order valence-corrected chi connectivity index (χ1v) is 12.5. The van der Waals surface area contributed by atoms with Gasteiger partial charge in [-0.3, -0.25) is 0 Å². The van der Waals surface area contributed by atoms with E-state index in [0.29, 0.717) is 49.2 Å². The zero-order chi connectivity index (χ0) is 26.0. The number of halogens is 3. The average molecular weight is 509 g/mol. The standard InChI is InChI=1S/C28H35F3O5/c1-26(9-11-27(30,31)12-10-26)18-35-23-6-3-19(4-7-23)13-20-14-21(5-8-25(20)29)28(34-2)16-22(33)15-24(17-32)36-28/h3-8,14,22,24,32-33H,9-13,15-18H2,1-2H3. The first kappa shape index (κ1) is 26.9. The van der Waals surface area contributed by atoms with Crippen molar-refractivity contribution in [2.24, 2.45) is 5.41 Å². The minimum absolute atomic E-state index is 0.106. The molecule has 3 atom stereocenters. The van der Waals surface area contributed by atoms with Gasteiger partial charge in [-0.05, 0) is 48.2 Å². The van der Waals surface area contributed by atoms with Crippen LogP contribution in [0.2, 0.25) is 0 Å². The summed E-state index contributed by atoms with van der Waals surface area (Å²) in [7, 11) is 1.47. The molecule has 0 radical (unpaired) electrons. The van der Waals surface area contributed by atoms with Crippen LogP contribution in [0.5, 0.6) is 5.75 Å². The van der Waals surface area contributed by atoms with Gasteiger partial charge in [-0.15, -0.1) is 0 Å². The molecule has 5 nitrogen and oxygen atoms in total. The van der Waals surface area contributed by atoms with Crippen LogP contribution in [0.25, 0.3) is 0 Å². The molecule has 0 spiro atoms. The number of alkyl halides is 2. The summed E-state index contributed by atoms with van der Waals surface area (Å²) in [6.07, 6.45) is 0.137. The van der Waals surface area contributed by atoms with Crippen LogP contribution in [-0.2, 0) is 21.7 Å². The van der Waals surface area contributed by atoms with E-state index in [9.17, 15) is 23.4 Å². The van der Waals surface area contributed by atoms with Crippen molar-refractivity contribution in [1.82, 2.24) is 0 Å². The maximum absolute atomic E-state index is 14.7. The van der Waals surface area contributed by atoms with Crippen LogP contribution in [0.15, 0.2) is 42.5 Å². The van der Waals surface area contributed by atoms with Crippen LogP contribution < -0.4 is 4.74 Å². The van der Waals surface area contributed by atoms with Gasteiger partial charge in [-0.25, -0.2) is 13.2 Å². The normalized spacial score (nSPS) is 27.5. The molecule has 8 heteroatoms. The van der Waals surface area contributed by atoms with Crippen molar-refractivity contribution >= 4 is 0 Å². The second kappa shape index (κ2) is 10.7. The fourth-order valence-electron chi connectivity index (χ4n) is 5.10. The molecular weight excluding hydrogens is 473 g/mol. The van der Waals surface area contributed by atoms with Crippen molar-refractivity contribution in [2.45, 2.75) is 75.8 Å². The second-order valence-corrected chi connectivity index (χ2v) is 10.6. The first-order valence-electron chi connectivity index (χ1n) is 12.5. The van der Waals surface area contributed by atoms with E-state index < -0.39 is 23.9 Å². The summed E-state index contributed by atoms with van der Waals surface area (Å²) in [4.78, 5) is 0. The molecule has 2 fully saturated rings. The number of ether oxygens (including phenoxy) is 3. The van der Waals surface area contributed by atoms with Gasteiger partial charge >= 0.3 is 0 Å². The highest BCUT2D eigenvalue weighted by Crippen LogP contribution is 2.43. The van der Waals surface area contributed by atoms with Crippen molar-refractivity contribution in [3.8, 4) is 5.75 Å². The Kier molecular flexibility index (Phi) is 8.00. The molecule has 3 unspecified atom stereocenters. The van der Waals surface area contributed by atoms with Gasteiger partial charge in [0.05, 0.1) is 25.4 Å². The average Bonchev–Trinajstić information content (AvgIpc) is 2.86. The number of rotatable bonds is 8. The van der Waals surface area contributed by atoms with E-state index in [0.717, 1.165) is 5.56 Å². The number of benzene rings is 2. The highest BCUT2D eigenvalue weighted by Gasteiger charge is 2.43. The van der Waals surface area contributed by atoms with E-state index >= 15 is 0 Å². The molecule has 2 N–H and O–H groups in total. The van der Waals surface area contributed by atoms with E-state index in [4.69, 9.17) is 14.2 Å². The third kappa shape index (κ3) is 6.22. The van der Waals surface area contributed by atoms with Crippen molar-refractivity contribution in [1.29, 1.82) is 0 Å². The minimum atomic E-state index is -2.57. The van der Waals surface area contributed by atoms with Crippen LogP contribution in [0.3, 0.4) is 0 Å². The van der Waals surface area contributed by atoms with Crippen molar-refractivity contribution in [3.05, 3.63) is 65.0 Å². The topological polar surface area (TPSA) is 68.2 Å². The highest BCUT2D eigenvalue weighted by molar-refractivity contribution is 5.35. The number of hydrogen-bond donors (Lipinski definition) is 2. The summed E-state index contributed by atoms with van der Waals surface area (Å²) in [5.74, 6) is -3.57.